The average Bonchev–Trinajstić information content (AvgIpc) is 2.92. The third-order valence-electron chi connectivity index (χ3n) is 7.41. The van der Waals surface area contributed by atoms with Gasteiger partial charge in [0.25, 0.3) is 0 Å². The average molecular weight is 445 g/mol. The Bertz CT molecular complexity index is 992. The van der Waals surface area contributed by atoms with Crippen molar-refractivity contribution in [2.75, 3.05) is 7.11 Å². The van der Waals surface area contributed by atoms with Gasteiger partial charge in [-0.15, -0.1) is 0 Å². The Morgan fingerprint density at radius 1 is 1.09 bits per heavy atom. The smallest absolute Gasteiger partial charge is 0.317 e. The molecule has 0 spiro atoms. The van der Waals surface area contributed by atoms with E-state index in [1.54, 1.807) is 7.11 Å². The maximum Gasteiger partial charge on any atom is 0.317 e. The molecule has 2 fully saturated rings. The highest BCUT2D eigenvalue weighted by molar-refractivity contribution is 5.91. The van der Waals surface area contributed by atoms with E-state index in [4.69, 9.17) is 18.9 Å². The molecule has 4 atom stereocenters. The Balaban J connectivity index is 2.14. The molecule has 4 rings (SSSR count). The molecule has 3 aliphatic rings. The third kappa shape index (κ3) is 3.08. The highest BCUT2D eigenvalue weighted by Crippen LogP contribution is 2.67. The summed E-state index contributed by atoms with van der Waals surface area (Å²) in [5.41, 5.74) is 0.889. The number of carbonyl (C=O) groups is 3. The molecule has 0 amide bonds. The molecule has 7 heteroatoms. The zero-order valence-corrected chi connectivity index (χ0v) is 19.9. The summed E-state index contributed by atoms with van der Waals surface area (Å²) in [5, 5.41) is 0. The Morgan fingerprint density at radius 3 is 2.28 bits per heavy atom. The van der Waals surface area contributed by atoms with Gasteiger partial charge in [0.2, 0.25) is 0 Å². The summed E-state index contributed by atoms with van der Waals surface area (Å²) in [6.45, 7) is 10.9. The van der Waals surface area contributed by atoms with Crippen molar-refractivity contribution in [3.05, 3.63) is 22.8 Å². The molecule has 2 aliphatic carbocycles. The van der Waals surface area contributed by atoms with E-state index >= 15 is 0 Å². The van der Waals surface area contributed by atoms with Crippen LogP contribution in [-0.4, -0.2) is 31.1 Å². The number of ether oxygens (including phenoxy) is 4. The lowest BCUT2D eigenvalue weighted by atomic mass is 9.49. The standard InChI is InChI=1S/C25H32O7/c1-12(2)15-11-16-17(20(31-14(4)27)19(15)30-13(3)26)25-10-8-9-24(5,6)22(25)21(18(16)29-7)32-23(25)28/h11-12,18,21-22H,8-10H2,1-7H3. The lowest BCUT2D eigenvalue weighted by molar-refractivity contribution is -0.149. The van der Waals surface area contributed by atoms with E-state index in [0.29, 0.717) is 17.5 Å². The number of hydrogen-bond donors (Lipinski definition) is 0. The summed E-state index contributed by atoms with van der Waals surface area (Å²) in [5.74, 6) is -1.23. The monoisotopic (exact) mass is 444 g/mol. The number of rotatable bonds is 4. The van der Waals surface area contributed by atoms with E-state index in [9.17, 15) is 14.4 Å². The third-order valence-corrected chi connectivity index (χ3v) is 7.41. The van der Waals surface area contributed by atoms with Crippen molar-refractivity contribution in [1.82, 2.24) is 0 Å². The van der Waals surface area contributed by atoms with Crippen LogP contribution in [-0.2, 0) is 29.3 Å². The first-order valence-electron chi connectivity index (χ1n) is 11.3. The molecular formula is C25H32O7. The summed E-state index contributed by atoms with van der Waals surface area (Å²) in [6, 6.07) is 1.94. The van der Waals surface area contributed by atoms with Crippen LogP contribution in [0.2, 0.25) is 0 Å². The highest BCUT2D eigenvalue weighted by atomic mass is 16.6. The van der Waals surface area contributed by atoms with Crippen LogP contribution in [0.15, 0.2) is 6.07 Å². The van der Waals surface area contributed by atoms with Gasteiger partial charge in [-0.1, -0.05) is 34.1 Å². The maximum atomic E-state index is 13.6. The predicted octanol–water partition coefficient (Wildman–Crippen LogP) is 4.35. The van der Waals surface area contributed by atoms with Crippen molar-refractivity contribution in [3.8, 4) is 11.5 Å². The number of fused-ring (bicyclic) bond motifs is 1. The summed E-state index contributed by atoms with van der Waals surface area (Å²) >= 11 is 0. The molecule has 1 aromatic carbocycles. The van der Waals surface area contributed by atoms with Crippen molar-refractivity contribution in [1.29, 1.82) is 0 Å². The molecule has 0 radical (unpaired) electrons. The minimum Gasteiger partial charge on any atom is -0.458 e. The van der Waals surface area contributed by atoms with Gasteiger partial charge < -0.3 is 18.9 Å². The molecule has 2 bridgehead atoms. The second-order valence-corrected chi connectivity index (χ2v) is 10.2. The fourth-order valence-electron chi connectivity index (χ4n) is 6.39. The van der Waals surface area contributed by atoms with Crippen LogP contribution in [0, 0.1) is 11.3 Å². The minimum absolute atomic E-state index is 0.0336. The molecule has 4 unspecified atom stereocenters. The van der Waals surface area contributed by atoms with Gasteiger partial charge in [-0.2, -0.15) is 0 Å². The topological polar surface area (TPSA) is 88.1 Å². The Labute approximate surface area is 188 Å². The van der Waals surface area contributed by atoms with Crippen LogP contribution in [0.1, 0.15) is 89.5 Å². The Morgan fingerprint density at radius 2 is 1.72 bits per heavy atom. The second-order valence-electron chi connectivity index (χ2n) is 10.2. The van der Waals surface area contributed by atoms with Crippen LogP contribution < -0.4 is 9.47 Å². The number of hydrogen-bond acceptors (Lipinski definition) is 7. The molecule has 174 valence electrons. The fourth-order valence-corrected chi connectivity index (χ4v) is 6.39. The van der Waals surface area contributed by atoms with Crippen LogP contribution in [0.4, 0.5) is 0 Å². The number of carbonyl (C=O) groups excluding carboxylic acids is 3. The molecule has 0 N–H and O–H groups in total. The van der Waals surface area contributed by atoms with Gasteiger partial charge in [-0.25, -0.2) is 0 Å². The largest absolute Gasteiger partial charge is 0.458 e. The number of benzene rings is 1. The van der Waals surface area contributed by atoms with Gasteiger partial charge in [-0.3, -0.25) is 14.4 Å². The van der Waals surface area contributed by atoms with E-state index < -0.39 is 29.6 Å². The van der Waals surface area contributed by atoms with Gasteiger partial charge >= 0.3 is 17.9 Å². The van der Waals surface area contributed by atoms with Crippen LogP contribution in [0.5, 0.6) is 11.5 Å². The predicted molar refractivity (Wildman–Crippen MR) is 116 cm³/mol. The maximum absolute atomic E-state index is 13.6. The summed E-state index contributed by atoms with van der Waals surface area (Å²) in [7, 11) is 1.60. The van der Waals surface area contributed by atoms with Gasteiger partial charge in [0.1, 0.15) is 17.6 Å². The number of esters is 3. The van der Waals surface area contributed by atoms with Crippen molar-refractivity contribution < 1.29 is 33.3 Å². The van der Waals surface area contributed by atoms with E-state index in [2.05, 4.69) is 13.8 Å². The van der Waals surface area contributed by atoms with Gasteiger partial charge in [-0.05, 0) is 35.8 Å². The summed E-state index contributed by atoms with van der Waals surface area (Å²) < 4.78 is 23.3. The molecule has 0 aromatic heterocycles. The molecular weight excluding hydrogens is 412 g/mol. The Kier molecular flexibility index (Phi) is 5.39. The van der Waals surface area contributed by atoms with Crippen LogP contribution in [0.3, 0.4) is 0 Å². The van der Waals surface area contributed by atoms with Crippen molar-refractivity contribution in [2.45, 2.75) is 84.3 Å². The molecule has 32 heavy (non-hydrogen) atoms. The molecule has 1 aromatic rings. The summed E-state index contributed by atoms with van der Waals surface area (Å²) in [6.07, 6.45) is 1.42. The van der Waals surface area contributed by atoms with Gasteiger partial charge in [0.05, 0.1) is 0 Å². The molecule has 1 heterocycles. The van der Waals surface area contributed by atoms with E-state index in [1.807, 2.05) is 19.9 Å². The lowest BCUT2D eigenvalue weighted by Crippen LogP contribution is -2.54. The van der Waals surface area contributed by atoms with Crippen molar-refractivity contribution >= 4 is 17.9 Å². The SMILES string of the molecule is COC1c2cc(C(C)C)c(OC(C)=O)c(OC(C)=O)c2C23CCCC(C)(C)C2C1OC3=O. The highest BCUT2D eigenvalue weighted by Gasteiger charge is 2.70. The van der Waals surface area contributed by atoms with Crippen molar-refractivity contribution in [3.63, 3.8) is 0 Å². The zero-order valence-electron chi connectivity index (χ0n) is 19.9. The zero-order chi connectivity index (χ0) is 23.6. The van der Waals surface area contributed by atoms with Crippen molar-refractivity contribution in [2.24, 2.45) is 11.3 Å². The van der Waals surface area contributed by atoms with E-state index in [1.165, 1.54) is 13.8 Å². The Hall–Kier alpha value is -2.41. The molecule has 1 saturated heterocycles. The normalized spacial score (nSPS) is 29.8. The van der Waals surface area contributed by atoms with Gasteiger partial charge in [0, 0.05) is 38.0 Å². The van der Waals surface area contributed by atoms with E-state index in [-0.39, 0.29) is 34.7 Å². The lowest BCUT2D eigenvalue weighted by Gasteiger charge is -2.52. The first-order valence-corrected chi connectivity index (χ1v) is 11.3. The quantitative estimate of drug-likeness (QED) is 0.504. The van der Waals surface area contributed by atoms with Crippen LogP contribution >= 0.6 is 0 Å². The van der Waals surface area contributed by atoms with Crippen LogP contribution in [0.25, 0.3) is 0 Å². The minimum atomic E-state index is -0.980. The molecule has 7 nitrogen and oxygen atoms in total. The fraction of sp³-hybridized carbons (Fsp3) is 0.640. The first-order chi connectivity index (χ1) is 15.0. The first kappa shape index (κ1) is 22.8. The molecule has 1 saturated carbocycles. The van der Waals surface area contributed by atoms with E-state index in [0.717, 1.165) is 18.4 Å². The number of methoxy groups -OCH3 is 1. The molecule has 1 aliphatic heterocycles. The second kappa shape index (κ2) is 7.58. The van der Waals surface area contributed by atoms with Gasteiger partial charge in [0.15, 0.2) is 11.5 Å². The summed E-state index contributed by atoms with van der Waals surface area (Å²) in [4.78, 5) is 37.9.